The third kappa shape index (κ3) is 6.35. The molecule has 9 heteroatoms. The number of amides is 1. The average molecular weight is 446 g/mol. The zero-order valence-electron chi connectivity index (χ0n) is 17.8. The number of methoxy groups -OCH3 is 2. The first-order chi connectivity index (χ1) is 14.8. The minimum Gasteiger partial charge on any atom is -0.495 e. The number of anilines is 1. The Kier molecular flexibility index (Phi) is 8.67. The van der Waals surface area contributed by atoms with Crippen molar-refractivity contribution in [2.24, 2.45) is 0 Å². The van der Waals surface area contributed by atoms with Crippen LogP contribution in [0.1, 0.15) is 17.0 Å². The number of nitrogens with one attached hydrogen (secondary N) is 1. The molecule has 2 rings (SSSR count). The fourth-order valence-electron chi connectivity index (χ4n) is 2.94. The lowest BCUT2D eigenvalue weighted by Gasteiger charge is -2.09. The average Bonchev–Trinajstić information content (AvgIpc) is 3.01. The summed E-state index contributed by atoms with van der Waals surface area (Å²) in [6.45, 7) is 4.47. The molecule has 0 spiro atoms. The number of hydrogen-bond donors (Lipinski definition) is 1. The van der Waals surface area contributed by atoms with Gasteiger partial charge >= 0.3 is 5.97 Å². The van der Waals surface area contributed by atoms with E-state index in [9.17, 15) is 14.9 Å². The van der Waals surface area contributed by atoms with Crippen molar-refractivity contribution in [2.45, 2.75) is 20.4 Å². The summed E-state index contributed by atoms with van der Waals surface area (Å²) >= 11 is 6.02. The van der Waals surface area contributed by atoms with Gasteiger partial charge in [-0.1, -0.05) is 11.6 Å². The van der Waals surface area contributed by atoms with Crippen LogP contribution in [0.5, 0.6) is 5.75 Å². The first-order valence-electron chi connectivity index (χ1n) is 9.38. The van der Waals surface area contributed by atoms with Crippen molar-refractivity contribution in [3.63, 3.8) is 0 Å². The number of benzene rings is 1. The van der Waals surface area contributed by atoms with Gasteiger partial charge in [-0.2, -0.15) is 5.26 Å². The molecule has 0 saturated heterocycles. The van der Waals surface area contributed by atoms with Crippen LogP contribution in [0.3, 0.4) is 0 Å². The van der Waals surface area contributed by atoms with Gasteiger partial charge in [0.15, 0.2) is 6.61 Å². The fourth-order valence-corrected chi connectivity index (χ4v) is 3.20. The number of rotatable bonds is 9. The van der Waals surface area contributed by atoms with Gasteiger partial charge in [-0.3, -0.25) is 4.79 Å². The van der Waals surface area contributed by atoms with Crippen LogP contribution in [-0.2, 0) is 25.6 Å². The monoisotopic (exact) mass is 445 g/mol. The van der Waals surface area contributed by atoms with E-state index in [0.717, 1.165) is 17.0 Å². The molecule has 0 radical (unpaired) electrons. The van der Waals surface area contributed by atoms with Crippen LogP contribution in [-0.4, -0.2) is 43.9 Å². The molecule has 31 heavy (non-hydrogen) atoms. The second-order valence-electron chi connectivity index (χ2n) is 6.61. The largest absolute Gasteiger partial charge is 0.495 e. The van der Waals surface area contributed by atoms with Crippen LogP contribution in [0.2, 0.25) is 5.02 Å². The van der Waals surface area contributed by atoms with Gasteiger partial charge in [0.25, 0.3) is 5.91 Å². The van der Waals surface area contributed by atoms with E-state index in [2.05, 4.69) is 5.32 Å². The smallest absolute Gasteiger partial charge is 0.349 e. The molecule has 2 aromatic rings. The maximum absolute atomic E-state index is 12.3. The van der Waals surface area contributed by atoms with Crippen LogP contribution >= 0.6 is 11.6 Å². The molecular weight excluding hydrogens is 422 g/mol. The normalized spacial score (nSPS) is 11.0. The number of ether oxygens (including phenoxy) is 3. The van der Waals surface area contributed by atoms with Crippen molar-refractivity contribution in [3.8, 4) is 11.8 Å². The van der Waals surface area contributed by atoms with E-state index < -0.39 is 18.5 Å². The number of carbonyl (C=O) groups excluding carboxylic acids is 2. The van der Waals surface area contributed by atoms with E-state index in [1.165, 1.54) is 19.3 Å². The molecule has 8 nitrogen and oxygen atoms in total. The third-order valence-corrected chi connectivity index (χ3v) is 4.84. The van der Waals surface area contributed by atoms with Gasteiger partial charge in [-0.05, 0) is 49.8 Å². The zero-order valence-corrected chi connectivity index (χ0v) is 18.6. The van der Waals surface area contributed by atoms with E-state index in [1.54, 1.807) is 19.2 Å². The van der Waals surface area contributed by atoms with Crippen LogP contribution in [0.4, 0.5) is 5.69 Å². The van der Waals surface area contributed by atoms with E-state index in [0.29, 0.717) is 29.6 Å². The van der Waals surface area contributed by atoms with Gasteiger partial charge in [0.05, 0.1) is 18.7 Å². The van der Waals surface area contributed by atoms with Crippen molar-refractivity contribution in [3.05, 3.63) is 51.8 Å². The molecule has 0 aliphatic carbocycles. The molecular formula is C22H24ClN3O5. The predicted octanol–water partition coefficient (Wildman–Crippen LogP) is 3.50. The maximum Gasteiger partial charge on any atom is 0.349 e. The molecule has 0 aliphatic heterocycles. The fraction of sp³-hybridized carbons (Fsp3) is 0.318. The molecule has 0 saturated carbocycles. The Morgan fingerprint density at radius 1 is 1.26 bits per heavy atom. The molecule has 0 fully saturated rings. The summed E-state index contributed by atoms with van der Waals surface area (Å²) in [6.07, 6.45) is 1.45. The Morgan fingerprint density at radius 3 is 2.61 bits per heavy atom. The third-order valence-electron chi connectivity index (χ3n) is 4.54. The standard InChI is InChI=1S/C22H24ClN3O5/c1-14-9-16(15(2)26(14)7-8-29-3)10-17(12-24)22(28)31-13-21(27)25-18-5-6-20(30-4)19(23)11-18/h5-6,9-11H,7-8,13H2,1-4H3,(H,25,27)/b17-10+. The van der Waals surface area contributed by atoms with E-state index in [4.69, 9.17) is 25.8 Å². The Hall–Kier alpha value is -3.28. The highest BCUT2D eigenvalue weighted by molar-refractivity contribution is 6.32. The summed E-state index contributed by atoms with van der Waals surface area (Å²) in [4.78, 5) is 24.4. The highest BCUT2D eigenvalue weighted by Gasteiger charge is 2.16. The van der Waals surface area contributed by atoms with Crippen molar-refractivity contribution in [2.75, 3.05) is 32.8 Å². The van der Waals surface area contributed by atoms with Gasteiger partial charge < -0.3 is 24.1 Å². The number of carbonyl (C=O) groups is 2. The lowest BCUT2D eigenvalue weighted by molar-refractivity contribution is -0.142. The summed E-state index contributed by atoms with van der Waals surface area (Å²) in [5, 5.41) is 12.3. The Morgan fingerprint density at radius 2 is 2.00 bits per heavy atom. The molecule has 1 aromatic carbocycles. The van der Waals surface area contributed by atoms with E-state index in [1.807, 2.05) is 30.6 Å². The van der Waals surface area contributed by atoms with Gasteiger partial charge in [-0.25, -0.2) is 4.79 Å². The first kappa shape index (κ1) is 24.0. The second kappa shape index (κ2) is 11.2. The molecule has 0 unspecified atom stereocenters. The zero-order chi connectivity index (χ0) is 23.0. The number of hydrogen-bond acceptors (Lipinski definition) is 6. The lowest BCUT2D eigenvalue weighted by atomic mass is 10.1. The molecule has 1 heterocycles. The molecule has 0 aliphatic rings. The van der Waals surface area contributed by atoms with Crippen molar-refractivity contribution < 1.29 is 23.8 Å². The minimum atomic E-state index is -0.882. The molecule has 1 aromatic heterocycles. The highest BCUT2D eigenvalue weighted by Crippen LogP contribution is 2.27. The number of esters is 1. The number of nitrogens with zero attached hydrogens (tertiary/aromatic N) is 2. The molecule has 1 amide bonds. The first-order valence-corrected chi connectivity index (χ1v) is 9.76. The van der Waals surface area contributed by atoms with Gasteiger partial charge in [-0.15, -0.1) is 0 Å². The summed E-state index contributed by atoms with van der Waals surface area (Å²) < 4.78 is 17.2. The summed E-state index contributed by atoms with van der Waals surface area (Å²) in [5.74, 6) is -0.979. The minimum absolute atomic E-state index is 0.202. The van der Waals surface area contributed by atoms with E-state index >= 15 is 0 Å². The summed E-state index contributed by atoms with van der Waals surface area (Å²) in [7, 11) is 3.11. The van der Waals surface area contributed by atoms with Gasteiger partial charge in [0.2, 0.25) is 0 Å². The molecule has 0 atom stereocenters. The van der Waals surface area contributed by atoms with E-state index in [-0.39, 0.29) is 5.57 Å². The summed E-state index contributed by atoms with van der Waals surface area (Å²) in [5.41, 5.74) is 2.81. The van der Waals surface area contributed by atoms with Crippen molar-refractivity contribution >= 4 is 35.2 Å². The van der Waals surface area contributed by atoms with Crippen LogP contribution in [0, 0.1) is 25.2 Å². The maximum atomic E-state index is 12.3. The second-order valence-corrected chi connectivity index (χ2v) is 7.02. The lowest BCUT2D eigenvalue weighted by Crippen LogP contribution is -2.21. The van der Waals surface area contributed by atoms with Crippen LogP contribution in [0.15, 0.2) is 29.8 Å². The quantitative estimate of drug-likeness (QED) is 0.360. The summed E-state index contributed by atoms with van der Waals surface area (Å²) in [6, 6.07) is 8.42. The van der Waals surface area contributed by atoms with Crippen molar-refractivity contribution in [1.29, 1.82) is 5.26 Å². The number of halogens is 1. The Balaban J connectivity index is 2.02. The molecule has 0 bridgehead atoms. The molecule has 164 valence electrons. The number of aryl methyl sites for hydroxylation is 1. The van der Waals surface area contributed by atoms with Crippen molar-refractivity contribution in [1.82, 2.24) is 4.57 Å². The van der Waals surface area contributed by atoms with Crippen LogP contribution < -0.4 is 10.1 Å². The predicted molar refractivity (Wildman–Crippen MR) is 117 cm³/mol. The Labute approximate surface area is 186 Å². The van der Waals surface area contributed by atoms with Crippen LogP contribution in [0.25, 0.3) is 6.08 Å². The van der Waals surface area contributed by atoms with Gasteiger partial charge in [0.1, 0.15) is 17.4 Å². The number of nitriles is 1. The Bertz CT molecular complexity index is 1040. The highest BCUT2D eigenvalue weighted by atomic mass is 35.5. The van der Waals surface area contributed by atoms with Gasteiger partial charge in [0, 0.05) is 30.7 Å². The number of aromatic nitrogens is 1. The SMILES string of the molecule is COCCn1c(C)cc(/C=C(\C#N)C(=O)OCC(=O)Nc2ccc(OC)c(Cl)c2)c1C. The topological polar surface area (TPSA) is 103 Å². The molecule has 1 N–H and O–H groups in total.